The van der Waals surface area contributed by atoms with Crippen molar-refractivity contribution in [3.63, 3.8) is 0 Å². The largest absolute Gasteiger partial charge is 0.496 e. The van der Waals surface area contributed by atoms with Crippen LogP contribution in [0.25, 0.3) is 10.2 Å². The van der Waals surface area contributed by atoms with Crippen LogP contribution in [0.1, 0.15) is 40.8 Å². The van der Waals surface area contributed by atoms with Crippen molar-refractivity contribution in [2.75, 3.05) is 14.2 Å². The summed E-state index contributed by atoms with van der Waals surface area (Å²) in [6.45, 7) is 4.42. The summed E-state index contributed by atoms with van der Waals surface area (Å²) >= 11 is 1.72. The van der Waals surface area contributed by atoms with E-state index in [4.69, 9.17) is 9.72 Å². The average molecular weight is 354 g/mol. The molecule has 0 saturated heterocycles. The van der Waals surface area contributed by atoms with Gasteiger partial charge in [-0.1, -0.05) is 12.1 Å². The monoisotopic (exact) mass is 354 g/mol. The number of para-hydroxylation sites is 1. The van der Waals surface area contributed by atoms with Gasteiger partial charge in [0.2, 0.25) is 0 Å². The minimum absolute atomic E-state index is 0.0609. The quantitative estimate of drug-likeness (QED) is 0.602. The minimum atomic E-state index is 0.0609. The van der Waals surface area contributed by atoms with Gasteiger partial charge in [0.1, 0.15) is 10.8 Å². The molecule has 0 aliphatic rings. The molecule has 0 saturated carbocycles. The highest BCUT2D eigenvalue weighted by Crippen LogP contribution is 2.31. The third-order valence-electron chi connectivity index (χ3n) is 4.44. The molecular formula is C20H22N2O2S. The molecule has 130 valence electrons. The van der Waals surface area contributed by atoms with Gasteiger partial charge < -0.3 is 4.74 Å². The lowest BCUT2D eigenvalue weighted by atomic mass is 10.1. The van der Waals surface area contributed by atoms with Gasteiger partial charge in [-0.25, -0.2) is 4.98 Å². The van der Waals surface area contributed by atoms with Gasteiger partial charge in [0, 0.05) is 17.7 Å². The van der Waals surface area contributed by atoms with Crippen LogP contribution < -0.4 is 4.74 Å². The number of thiazole rings is 1. The number of carbonyl (C=O) groups is 1. The Balaban J connectivity index is 1.84. The first-order valence-corrected chi connectivity index (χ1v) is 9.05. The number of nitrogens with zero attached hydrogens (tertiary/aromatic N) is 2. The second-order valence-electron chi connectivity index (χ2n) is 6.19. The van der Waals surface area contributed by atoms with Crippen molar-refractivity contribution in [3.05, 3.63) is 58.6 Å². The lowest BCUT2D eigenvalue weighted by Crippen LogP contribution is -2.22. The molecule has 0 fully saturated rings. The normalized spacial score (nSPS) is 12.5. The summed E-state index contributed by atoms with van der Waals surface area (Å²) in [4.78, 5) is 18.7. The molecule has 25 heavy (non-hydrogen) atoms. The first-order valence-electron chi connectivity index (χ1n) is 8.23. The van der Waals surface area contributed by atoms with Crippen molar-refractivity contribution in [1.29, 1.82) is 0 Å². The molecule has 0 aliphatic heterocycles. The molecule has 0 amide bonds. The summed E-state index contributed by atoms with van der Waals surface area (Å²) in [5.74, 6) is 0.860. The molecule has 1 heterocycles. The SMILES string of the molecule is COc1ccc(C(C)=O)cc1CN(C)[C@H](C)c1nc2ccccc2s1. The number of hydrogen-bond donors (Lipinski definition) is 0. The van der Waals surface area contributed by atoms with Crippen LogP contribution in [0.3, 0.4) is 0 Å². The van der Waals surface area contributed by atoms with Gasteiger partial charge in [0.15, 0.2) is 5.78 Å². The summed E-state index contributed by atoms with van der Waals surface area (Å²) in [6.07, 6.45) is 0. The minimum Gasteiger partial charge on any atom is -0.496 e. The Kier molecular flexibility index (Phi) is 5.16. The van der Waals surface area contributed by atoms with Crippen LogP contribution in [0.4, 0.5) is 0 Å². The highest BCUT2D eigenvalue weighted by atomic mass is 32.1. The fourth-order valence-electron chi connectivity index (χ4n) is 2.78. The standard InChI is InChI=1S/C20H22N2O2S/c1-13(20-21-17-7-5-6-8-19(17)25-20)22(3)12-16-11-15(14(2)23)9-10-18(16)24-4/h5-11,13H,12H2,1-4H3/t13-/m1/s1. The molecular weight excluding hydrogens is 332 g/mol. The smallest absolute Gasteiger partial charge is 0.159 e. The van der Waals surface area contributed by atoms with Crippen molar-refractivity contribution in [3.8, 4) is 5.75 Å². The predicted molar refractivity (Wildman–Crippen MR) is 103 cm³/mol. The van der Waals surface area contributed by atoms with Crippen molar-refractivity contribution in [2.45, 2.75) is 26.4 Å². The Morgan fingerprint density at radius 2 is 2.04 bits per heavy atom. The number of methoxy groups -OCH3 is 1. The summed E-state index contributed by atoms with van der Waals surface area (Å²) in [5.41, 5.74) is 2.75. The molecule has 4 nitrogen and oxygen atoms in total. The highest BCUT2D eigenvalue weighted by molar-refractivity contribution is 7.18. The molecule has 0 aliphatic carbocycles. The number of Topliss-reactive ketones (excluding diaryl/α,β-unsaturated/α-hetero) is 1. The third-order valence-corrected chi connectivity index (χ3v) is 5.64. The van der Waals surface area contributed by atoms with Crippen LogP contribution in [-0.4, -0.2) is 29.8 Å². The average Bonchev–Trinajstić information content (AvgIpc) is 3.04. The van der Waals surface area contributed by atoms with Gasteiger partial charge in [-0.2, -0.15) is 0 Å². The zero-order valence-corrected chi connectivity index (χ0v) is 15.8. The zero-order valence-electron chi connectivity index (χ0n) is 14.9. The Morgan fingerprint density at radius 3 is 2.72 bits per heavy atom. The van der Waals surface area contributed by atoms with E-state index in [1.165, 1.54) is 4.70 Å². The van der Waals surface area contributed by atoms with Crippen molar-refractivity contribution in [1.82, 2.24) is 9.88 Å². The van der Waals surface area contributed by atoms with E-state index < -0.39 is 0 Å². The van der Waals surface area contributed by atoms with Crippen LogP contribution in [0.2, 0.25) is 0 Å². The third kappa shape index (κ3) is 3.72. The first kappa shape index (κ1) is 17.6. The maximum absolute atomic E-state index is 11.7. The van der Waals surface area contributed by atoms with Crippen molar-refractivity contribution >= 4 is 27.3 Å². The lowest BCUT2D eigenvalue weighted by Gasteiger charge is -2.24. The van der Waals surface area contributed by atoms with Crippen LogP contribution in [0, 0.1) is 0 Å². The van der Waals surface area contributed by atoms with Gasteiger partial charge in [0.05, 0.1) is 23.4 Å². The summed E-state index contributed by atoms with van der Waals surface area (Å²) in [7, 11) is 3.72. The Bertz CT molecular complexity index is 871. The maximum Gasteiger partial charge on any atom is 0.159 e. The van der Waals surface area contributed by atoms with E-state index in [1.807, 2.05) is 36.4 Å². The van der Waals surface area contributed by atoms with Gasteiger partial charge in [-0.05, 0) is 51.2 Å². The van der Waals surface area contributed by atoms with Gasteiger partial charge in [-0.3, -0.25) is 9.69 Å². The fourth-order valence-corrected chi connectivity index (χ4v) is 3.87. The molecule has 5 heteroatoms. The van der Waals surface area contributed by atoms with Crippen molar-refractivity contribution < 1.29 is 9.53 Å². The molecule has 1 aromatic heterocycles. The summed E-state index contributed by atoms with van der Waals surface area (Å²) < 4.78 is 6.67. The Morgan fingerprint density at radius 1 is 1.28 bits per heavy atom. The summed E-state index contributed by atoms with van der Waals surface area (Å²) in [5, 5.41) is 1.09. The van der Waals surface area contributed by atoms with E-state index in [0.29, 0.717) is 12.1 Å². The van der Waals surface area contributed by atoms with E-state index in [-0.39, 0.29) is 11.8 Å². The van der Waals surface area contributed by atoms with E-state index in [9.17, 15) is 4.79 Å². The number of ketones is 1. The number of benzene rings is 2. The van der Waals surface area contributed by atoms with E-state index >= 15 is 0 Å². The van der Waals surface area contributed by atoms with Crippen molar-refractivity contribution in [2.24, 2.45) is 0 Å². The number of rotatable bonds is 6. The molecule has 0 radical (unpaired) electrons. The molecule has 0 N–H and O–H groups in total. The van der Waals surface area contributed by atoms with E-state index in [1.54, 1.807) is 25.4 Å². The van der Waals surface area contributed by atoms with Crippen LogP contribution in [0.15, 0.2) is 42.5 Å². The molecule has 3 aromatic rings. The number of aromatic nitrogens is 1. The second kappa shape index (κ2) is 7.33. The fraction of sp³-hybridized carbons (Fsp3) is 0.300. The second-order valence-corrected chi connectivity index (χ2v) is 7.26. The molecule has 1 atom stereocenters. The van der Waals surface area contributed by atoms with Gasteiger partial charge in [-0.15, -0.1) is 11.3 Å². The van der Waals surface area contributed by atoms with Gasteiger partial charge >= 0.3 is 0 Å². The van der Waals surface area contributed by atoms with Gasteiger partial charge in [0.25, 0.3) is 0 Å². The summed E-state index contributed by atoms with van der Waals surface area (Å²) in [6, 6.07) is 14.0. The molecule has 0 spiro atoms. The topological polar surface area (TPSA) is 42.4 Å². The molecule has 0 unspecified atom stereocenters. The first-order chi connectivity index (χ1) is 12.0. The van der Waals surface area contributed by atoms with Crippen LogP contribution >= 0.6 is 11.3 Å². The number of ether oxygens (including phenoxy) is 1. The Labute approximate surface area is 152 Å². The zero-order chi connectivity index (χ0) is 18.0. The van der Waals surface area contributed by atoms with Crippen LogP contribution in [0.5, 0.6) is 5.75 Å². The molecule has 3 rings (SSSR count). The lowest BCUT2D eigenvalue weighted by molar-refractivity contribution is 0.101. The van der Waals surface area contributed by atoms with Crippen LogP contribution in [-0.2, 0) is 6.54 Å². The molecule has 2 aromatic carbocycles. The van der Waals surface area contributed by atoms with E-state index in [0.717, 1.165) is 21.8 Å². The highest BCUT2D eigenvalue weighted by Gasteiger charge is 2.18. The molecule has 0 bridgehead atoms. The number of carbonyl (C=O) groups excluding carboxylic acids is 1. The number of hydrogen-bond acceptors (Lipinski definition) is 5. The maximum atomic E-state index is 11.7. The Hall–Kier alpha value is -2.24. The predicted octanol–water partition coefficient (Wildman–Crippen LogP) is 4.70. The number of fused-ring (bicyclic) bond motifs is 1. The van der Waals surface area contributed by atoms with E-state index in [2.05, 4.69) is 24.9 Å².